The van der Waals surface area contributed by atoms with Crippen LogP contribution in [0.25, 0.3) is 17.4 Å². The van der Waals surface area contributed by atoms with Gasteiger partial charge >= 0.3 is 0 Å². The predicted molar refractivity (Wildman–Crippen MR) is 109 cm³/mol. The molecule has 4 rings (SSSR count). The number of hydrogen-bond acceptors (Lipinski definition) is 4. The van der Waals surface area contributed by atoms with Gasteiger partial charge in [-0.2, -0.15) is 0 Å². The number of amides is 2. The zero-order valence-electron chi connectivity index (χ0n) is 14.0. The number of thioether (sulfide) groups is 1. The number of benzene rings is 2. The quantitative estimate of drug-likeness (QED) is 0.434. The van der Waals surface area contributed by atoms with Gasteiger partial charge < -0.3 is 4.42 Å². The molecule has 140 valence electrons. The Bertz CT molecular complexity index is 1140. The number of carbonyl (C=O) groups excluding carboxylic acids is 2. The fraction of sp³-hybridized carbons (Fsp3) is 0. The Labute approximate surface area is 173 Å². The molecule has 0 N–H and O–H groups in total. The van der Waals surface area contributed by atoms with Crippen LogP contribution in [0.4, 0.5) is 14.9 Å². The molecule has 1 saturated heterocycles. The third-order valence-corrected chi connectivity index (χ3v) is 5.36. The van der Waals surface area contributed by atoms with Gasteiger partial charge in [-0.05, 0) is 54.2 Å². The molecule has 28 heavy (non-hydrogen) atoms. The molecule has 1 aliphatic heterocycles. The minimum atomic E-state index is -0.628. The number of furan rings is 1. The van der Waals surface area contributed by atoms with Crippen LogP contribution < -0.4 is 4.90 Å². The molecule has 0 atom stereocenters. The number of halogens is 3. The molecule has 0 aliphatic carbocycles. The number of nitrogens with zero attached hydrogens (tertiary/aromatic N) is 1. The van der Waals surface area contributed by atoms with Gasteiger partial charge in [-0.1, -0.05) is 35.3 Å². The highest BCUT2D eigenvalue weighted by Crippen LogP contribution is 2.37. The standard InChI is InChI=1S/C20H10Cl2FNO3S/c21-12-3-1-2-11(8-12)17-7-5-14(27-17)10-18-19(25)24(20(26)28-18)13-4-6-16(23)15(22)9-13/h1-10H/b18-10+. The first-order chi connectivity index (χ1) is 13.4. The molecule has 1 aliphatic rings. The molecule has 2 heterocycles. The molecule has 3 aromatic rings. The van der Waals surface area contributed by atoms with Crippen molar-refractivity contribution >= 4 is 57.9 Å². The lowest BCUT2D eigenvalue weighted by molar-refractivity contribution is -0.113. The van der Waals surface area contributed by atoms with E-state index < -0.39 is 17.0 Å². The van der Waals surface area contributed by atoms with Crippen LogP contribution in [0.15, 0.2) is 63.9 Å². The van der Waals surface area contributed by atoms with Gasteiger partial charge in [0.05, 0.1) is 15.6 Å². The average Bonchev–Trinajstić information content (AvgIpc) is 3.23. The van der Waals surface area contributed by atoms with Gasteiger partial charge in [0.1, 0.15) is 17.3 Å². The fourth-order valence-corrected chi connectivity index (χ4v) is 3.86. The van der Waals surface area contributed by atoms with Crippen LogP contribution >= 0.6 is 35.0 Å². The van der Waals surface area contributed by atoms with E-state index in [9.17, 15) is 14.0 Å². The van der Waals surface area contributed by atoms with Crippen LogP contribution in [-0.4, -0.2) is 11.1 Å². The van der Waals surface area contributed by atoms with Gasteiger partial charge in [0.15, 0.2) is 0 Å². The predicted octanol–water partition coefficient (Wildman–Crippen LogP) is 6.63. The molecule has 0 unspecified atom stereocenters. The zero-order valence-corrected chi connectivity index (χ0v) is 16.3. The molecular weight excluding hydrogens is 424 g/mol. The minimum Gasteiger partial charge on any atom is -0.457 e. The van der Waals surface area contributed by atoms with Crippen LogP contribution in [0.2, 0.25) is 10.0 Å². The molecule has 8 heteroatoms. The summed E-state index contributed by atoms with van der Waals surface area (Å²) in [5.74, 6) is -0.161. The molecule has 1 aromatic heterocycles. The molecule has 2 amide bonds. The van der Waals surface area contributed by atoms with Gasteiger partial charge in [0.25, 0.3) is 11.1 Å². The zero-order chi connectivity index (χ0) is 19.8. The van der Waals surface area contributed by atoms with Gasteiger partial charge in [-0.15, -0.1) is 0 Å². The topological polar surface area (TPSA) is 50.5 Å². The summed E-state index contributed by atoms with van der Waals surface area (Å²) < 4.78 is 19.1. The first-order valence-corrected chi connectivity index (χ1v) is 9.58. The SMILES string of the molecule is O=C1S/C(=C/c2ccc(-c3cccc(Cl)c3)o2)C(=O)N1c1ccc(F)c(Cl)c1. The summed E-state index contributed by atoms with van der Waals surface area (Å²) >= 11 is 12.5. The van der Waals surface area contributed by atoms with Gasteiger partial charge in [0.2, 0.25) is 0 Å². The summed E-state index contributed by atoms with van der Waals surface area (Å²) in [6.07, 6.45) is 1.49. The van der Waals surface area contributed by atoms with E-state index in [0.29, 0.717) is 16.5 Å². The number of rotatable bonds is 3. The Kier molecular flexibility index (Phi) is 5.02. The van der Waals surface area contributed by atoms with Gasteiger partial charge in [0, 0.05) is 16.7 Å². The molecular formula is C20H10Cl2FNO3S. The van der Waals surface area contributed by atoms with Crippen molar-refractivity contribution in [2.45, 2.75) is 0 Å². The van der Waals surface area contributed by atoms with Crippen LogP contribution in [0, 0.1) is 5.82 Å². The summed E-state index contributed by atoms with van der Waals surface area (Å²) in [4.78, 5) is 26.1. The highest BCUT2D eigenvalue weighted by atomic mass is 35.5. The Balaban J connectivity index is 1.62. The largest absolute Gasteiger partial charge is 0.457 e. The molecule has 0 bridgehead atoms. The van der Waals surface area contributed by atoms with Crippen LogP contribution in [-0.2, 0) is 4.79 Å². The summed E-state index contributed by atoms with van der Waals surface area (Å²) in [7, 11) is 0. The van der Waals surface area contributed by atoms with E-state index in [1.807, 2.05) is 6.07 Å². The second-order valence-corrected chi connectivity index (χ2v) is 7.66. The molecule has 4 nitrogen and oxygen atoms in total. The first-order valence-electron chi connectivity index (χ1n) is 8.01. The first kappa shape index (κ1) is 18.8. The van der Waals surface area contributed by atoms with Crippen molar-refractivity contribution in [2.24, 2.45) is 0 Å². The second kappa shape index (κ2) is 7.47. The fourth-order valence-electron chi connectivity index (χ4n) is 2.67. The Hall–Kier alpha value is -2.54. The molecule has 0 spiro atoms. The summed E-state index contributed by atoms with van der Waals surface area (Å²) in [5.41, 5.74) is 0.998. The third-order valence-electron chi connectivity index (χ3n) is 3.96. The van der Waals surface area contributed by atoms with E-state index >= 15 is 0 Å². The lowest BCUT2D eigenvalue weighted by atomic mass is 10.2. The summed E-state index contributed by atoms with van der Waals surface area (Å²) in [6, 6.07) is 14.3. The lowest BCUT2D eigenvalue weighted by Gasteiger charge is -2.12. The van der Waals surface area contributed by atoms with Crippen LogP contribution in [0.5, 0.6) is 0 Å². The van der Waals surface area contributed by atoms with E-state index in [4.69, 9.17) is 27.6 Å². The van der Waals surface area contributed by atoms with E-state index in [1.54, 1.807) is 30.3 Å². The lowest BCUT2D eigenvalue weighted by Crippen LogP contribution is -2.27. The van der Waals surface area contributed by atoms with Crippen molar-refractivity contribution in [3.05, 3.63) is 81.1 Å². The Morgan fingerprint density at radius 1 is 1.04 bits per heavy atom. The van der Waals surface area contributed by atoms with Crippen molar-refractivity contribution in [1.29, 1.82) is 0 Å². The smallest absolute Gasteiger partial charge is 0.298 e. The van der Waals surface area contributed by atoms with Crippen molar-refractivity contribution in [2.75, 3.05) is 4.90 Å². The Morgan fingerprint density at radius 2 is 1.86 bits per heavy atom. The molecule has 1 fully saturated rings. The highest BCUT2D eigenvalue weighted by molar-refractivity contribution is 8.19. The van der Waals surface area contributed by atoms with Gasteiger partial charge in [-0.3, -0.25) is 9.59 Å². The highest BCUT2D eigenvalue weighted by Gasteiger charge is 2.36. The normalized spacial score (nSPS) is 15.7. The molecule has 2 aromatic carbocycles. The summed E-state index contributed by atoms with van der Waals surface area (Å²) in [6.45, 7) is 0. The average molecular weight is 434 g/mol. The van der Waals surface area contributed by atoms with Crippen molar-refractivity contribution in [3.8, 4) is 11.3 Å². The van der Waals surface area contributed by atoms with Crippen LogP contribution in [0.1, 0.15) is 5.76 Å². The molecule has 0 radical (unpaired) electrons. The maximum Gasteiger partial charge on any atom is 0.298 e. The monoisotopic (exact) mass is 433 g/mol. The van der Waals surface area contributed by atoms with Crippen molar-refractivity contribution in [1.82, 2.24) is 0 Å². The van der Waals surface area contributed by atoms with E-state index in [1.165, 1.54) is 18.2 Å². The summed E-state index contributed by atoms with van der Waals surface area (Å²) in [5, 5.41) is -0.0900. The van der Waals surface area contributed by atoms with Crippen molar-refractivity contribution in [3.63, 3.8) is 0 Å². The van der Waals surface area contributed by atoms with Crippen LogP contribution in [0.3, 0.4) is 0 Å². The number of anilines is 1. The number of carbonyl (C=O) groups is 2. The second-order valence-electron chi connectivity index (χ2n) is 5.83. The third kappa shape index (κ3) is 3.58. The van der Waals surface area contributed by atoms with E-state index in [2.05, 4.69) is 0 Å². The maximum atomic E-state index is 13.4. The maximum absolute atomic E-state index is 13.4. The molecule has 0 saturated carbocycles. The number of hydrogen-bond donors (Lipinski definition) is 0. The van der Waals surface area contributed by atoms with E-state index in [0.717, 1.165) is 28.3 Å². The van der Waals surface area contributed by atoms with Gasteiger partial charge in [-0.25, -0.2) is 9.29 Å². The Morgan fingerprint density at radius 3 is 2.61 bits per heavy atom. The minimum absolute atomic E-state index is 0.169. The number of imide groups is 1. The van der Waals surface area contributed by atoms with Crippen molar-refractivity contribution < 1.29 is 18.4 Å². The van der Waals surface area contributed by atoms with E-state index in [-0.39, 0.29) is 15.6 Å².